The van der Waals surface area contributed by atoms with Gasteiger partial charge in [-0.3, -0.25) is 4.99 Å². The number of guanidine groups is 1. The monoisotopic (exact) mass is 527 g/mol. The molecule has 1 saturated carbocycles. The van der Waals surface area contributed by atoms with Gasteiger partial charge >= 0.3 is 0 Å². The summed E-state index contributed by atoms with van der Waals surface area (Å²) in [5, 5.41) is 3.34. The average Bonchev–Trinajstić information content (AvgIpc) is 3.25. The van der Waals surface area contributed by atoms with Gasteiger partial charge in [0.15, 0.2) is 5.96 Å². The molecule has 0 amide bonds. The first-order valence-electron chi connectivity index (χ1n) is 10.8. The van der Waals surface area contributed by atoms with Gasteiger partial charge in [-0.05, 0) is 64.0 Å². The molecule has 164 valence electrons. The van der Waals surface area contributed by atoms with E-state index in [2.05, 4.69) is 31.8 Å². The van der Waals surface area contributed by atoms with Crippen LogP contribution in [0.15, 0.2) is 4.99 Å². The number of rotatable bonds is 9. The number of halogens is 1. The molecule has 1 aliphatic carbocycles. The van der Waals surface area contributed by atoms with E-state index in [1.54, 1.807) is 0 Å². The van der Waals surface area contributed by atoms with Crippen LogP contribution in [-0.2, 0) is 10.0 Å². The Bertz CT molecular complexity index is 591. The van der Waals surface area contributed by atoms with Crippen LogP contribution in [-0.4, -0.2) is 82.3 Å². The predicted octanol–water partition coefficient (Wildman–Crippen LogP) is 1.71. The van der Waals surface area contributed by atoms with E-state index in [4.69, 9.17) is 0 Å². The first-order valence-corrected chi connectivity index (χ1v) is 12.4. The first-order chi connectivity index (χ1) is 13.1. The second-order valence-electron chi connectivity index (χ2n) is 8.31. The van der Waals surface area contributed by atoms with Crippen molar-refractivity contribution in [1.29, 1.82) is 0 Å². The van der Waals surface area contributed by atoms with Crippen LogP contribution in [0.5, 0.6) is 0 Å². The Morgan fingerprint density at radius 3 is 2.46 bits per heavy atom. The number of likely N-dealkylation sites (tertiary alicyclic amines) is 2. The zero-order valence-electron chi connectivity index (χ0n) is 17.2. The van der Waals surface area contributed by atoms with Gasteiger partial charge < -0.3 is 15.1 Å². The standard InChI is InChI=1S/C19H37N5O2S.HI/c1-2-20-19(21-9-13-27(25,26)22-14-17-6-5-7-17)24-12-8-18(16-24)15-23-10-3-4-11-23;/h17-18,22H,2-16H2,1H3,(H,20,21);1H. The molecule has 28 heavy (non-hydrogen) atoms. The van der Waals surface area contributed by atoms with Gasteiger partial charge in [-0.1, -0.05) is 6.42 Å². The van der Waals surface area contributed by atoms with E-state index < -0.39 is 10.0 Å². The maximum absolute atomic E-state index is 12.2. The van der Waals surface area contributed by atoms with Crippen molar-refractivity contribution >= 4 is 40.0 Å². The second kappa shape index (κ2) is 11.9. The molecule has 9 heteroatoms. The molecule has 0 bridgehead atoms. The van der Waals surface area contributed by atoms with Gasteiger partial charge in [0, 0.05) is 32.7 Å². The van der Waals surface area contributed by atoms with Gasteiger partial charge in [0.25, 0.3) is 0 Å². The summed E-state index contributed by atoms with van der Waals surface area (Å²) in [5.41, 5.74) is 0. The van der Waals surface area contributed by atoms with Gasteiger partial charge in [0.05, 0.1) is 12.3 Å². The lowest BCUT2D eigenvalue weighted by atomic mass is 9.86. The lowest BCUT2D eigenvalue weighted by Crippen LogP contribution is -2.41. The highest BCUT2D eigenvalue weighted by Crippen LogP contribution is 2.25. The molecule has 2 heterocycles. The molecule has 0 radical (unpaired) electrons. The summed E-state index contributed by atoms with van der Waals surface area (Å²) in [4.78, 5) is 9.49. The van der Waals surface area contributed by atoms with E-state index in [9.17, 15) is 8.42 Å². The van der Waals surface area contributed by atoms with E-state index >= 15 is 0 Å². The minimum atomic E-state index is -3.22. The highest BCUT2D eigenvalue weighted by atomic mass is 127. The summed E-state index contributed by atoms with van der Waals surface area (Å²) in [6.07, 6.45) is 7.41. The van der Waals surface area contributed by atoms with E-state index in [1.807, 2.05) is 0 Å². The molecule has 2 saturated heterocycles. The van der Waals surface area contributed by atoms with Gasteiger partial charge in [-0.25, -0.2) is 13.1 Å². The second-order valence-corrected chi connectivity index (χ2v) is 10.2. The van der Waals surface area contributed by atoms with Crippen molar-refractivity contribution in [2.45, 2.75) is 45.4 Å². The van der Waals surface area contributed by atoms with Crippen molar-refractivity contribution in [2.75, 3.05) is 58.1 Å². The number of nitrogens with one attached hydrogen (secondary N) is 2. The SMILES string of the molecule is CCNC(=NCCS(=O)(=O)NCC1CCC1)N1CCC(CN2CCCC2)C1.I. The highest BCUT2D eigenvalue weighted by molar-refractivity contribution is 14.0. The molecule has 2 aliphatic heterocycles. The van der Waals surface area contributed by atoms with Crippen LogP contribution in [0.4, 0.5) is 0 Å². The molecule has 0 aromatic rings. The lowest BCUT2D eigenvalue weighted by molar-refractivity contribution is 0.281. The Hall–Kier alpha value is -0.130. The van der Waals surface area contributed by atoms with Crippen molar-refractivity contribution in [1.82, 2.24) is 19.8 Å². The van der Waals surface area contributed by atoms with Crippen LogP contribution < -0.4 is 10.0 Å². The third-order valence-electron chi connectivity index (χ3n) is 6.07. The molecule has 3 aliphatic rings. The number of hydrogen-bond donors (Lipinski definition) is 2. The maximum atomic E-state index is 12.2. The van der Waals surface area contributed by atoms with Crippen molar-refractivity contribution in [3.05, 3.63) is 0 Å². The van der Waals surface area contributed by atoms with Crippen LogP contribution in [0.2, 0.25) is 0 Å². The summed E-state index contributed by atoms with van der Waals surface area (Å²) < 4.78 is 27.1. The molecule has 0 spiro atoms. The fourth-order valence-electron chi connectivity index (χ4n) is 4.22. The summed E-state index contributed by atoms with van der Waals surface area (Å²) >= 11 is 0. The Morgan fingerprint density at radius 2 is 1.82 bits per heavy atom. The Morgan fingerprint density at radius 1 is 1.07 bits per heavy atom. The van der Waals surface area contributed by atoms with Crippen LogP contribution in [0.1, 0.15) is 45.4 Å². The van der Waals surface area contributed by atoms with E-state index in [0.717, 1.165) is 38.4 Å². The van der Waals surface area contributed by atoms with Crippen molar-refractivity contribution in [3.63, 3.8) is 0 Å². The summed E-state index contributed by atoms with van der Waals surface area (Å²) in [5.74, 6) is 2.17. The first kappa shape index (κ1) is 24.1. The smallest absolute Gasteiger partial charge is 0.213 e. The van der Waals surface area contributed by atoms with E-state index in [-0.39, 0.29) is 29.7 Å². The fraction of sp³-hybridized carbons (Fsp3) is 0.947. The minimum Gasteiger partial charge on any atom is -0.357 e. The van der Waals surface area contributed by atoms with Gasteiger partial charge in [-0.2, -0.15) is 0 Å². The largest absolute Gasteiger partial charge is 0.357 e. The van der Waals surface area contributed by atoms with E-state index in [1.165, 1.54) is 45.3 Å². The average molecular weight is 528 g/mol. The predicted molar refractivity (Wildman–Crippen MR) is 126 cm³/mol. The normalized spacial score (nSPS) is 24.2. The van der Waals surface area contributed by atoms with Crippen molar-refractivity contribution < 1.29 is 8.42 Å². The van der Waals surface area contributed by atoms with Gasteiger partial charge in [0.2, 0.25) is 10.0 Å². The molecule has 3 rings (SSSR count). The number of aliphatic imine (C=N–C) groups is 1. The molecular weight excluding hydrogens is 489 g/mol. The number of sulfonamides is 1. The molecule has 7 nitrogen and oxygen atoms in total. The molecule has 2 N–H and O–H groups in total. The topological polar surface area (TPSA) is 77.0 Å². The third kappa shape index (κ3) is 7.60. The van der Waals surface area contributed by atoms with Crippen LogP contribution in [0.3, 0.4) is 0 Å². The maximum Gasteiger partial charge on any atom is 0.213 e. The van der Waals surface area contributed by atoms with Gasteiger partial charge in [0.1, 0.15) is 0 Å². The molecule has 3 fully saturated rings. The molecular formula is C19H38IN5O2S. The van der Waals surface area contributed by atoms with Crippen LogP contribution >= 0.6 is 24.0 Å². The zero-order chi connectivity index (χ0) is 19.1. The number of nitrogens with zero attached hydrogens (tertiary/aromatic N) is 3. The molecule has 0 aromatic carbocycles. The minimum absolute atomic E-state index is 0. The number of hydrogen-bond acceptors (Lipinski definition) is 4. The van der Waals surface area contributed by atoms with E-state index in [0.29, 0.717) is 24.9 Å². The van der Waals surface area contributed by atoms with Crippen LogP contribution in [0.25, 0.3) is 0 Å². The summed E-state index contributed by atoms with van der Waals surface area (Å²) in [6.45, 7) is 9.49. The lowest BCUT2D eigenvalue weighted by Gasteiger charge is -2.25. The Kier molecular flexibility index (Phi) is 10.3. The molecule has 1 unspecified atom stereocenters. The third-order valence-corrected chi connectivity index (χ3v) is 7.40. The van der Waals surface area contributed by atoms with Gasteiger partial charge in [-0.15, -0.1) is 24.0 Å². The van der Waals surface area contributed by atoms with Crippen molar-refractivity contribution in [2.24, 2.45) is 16.8 Å². The summed E-state index contributed by atoms with van der Waals surface area (Å²) in [6, 6.07) is 0. The molecule has 1 atom stereocenters. The van der Waals surface area contributed by atoms with Crippen molar-refractivity contribution in [3.8, 4) is 0 Å². The van der Waals surface area contributed by atoms with Crippen LogP contribution in [0, 0.1) is 11.8 Å². The summed E-state index contributed by atoms with van der Waals surface area (Å²) in [7, 11) is -3.22. The fourth-order valence-corrected chi connectivity index (χ4v) is 5.18. The quantitative estimate of drug-likeness (QED) is 0.271. The molecule has 0 aromatic heterocycles. The Balaban J connectivity index is 0.00000280. The zero-order valence-corrected chi connectivity index (χ0v) is 20.4. The highest BCUT2D eigenvalue weighted by Gasteiger charge is 2.27. The Labute approximate surface area is 188 Å².